The van der Waals surface area contributed by atoms with Crippen LogP contribution in [0.25, 0.3) is 0 Å². The number of anilines is 2. The van der Waals surface area contributed by atoms with Crippen LogP contribution in [0.15, 0.2) is 34.9 Å². The first-order chi connectivity index (χ1) is 15.9. The lowest BCUT2D eigenvalue weighted by atomic mass is 10.1. The van der Waals surface area contributed by atoms with Crippen LogP contribution in [0.2, 0.25) is 0 Å². The van der Waals surface area contributed by atoms with Crippen LogP contribution in [0.5, 0.6) is 0 Å². The normalized spacial score (nSPS) is 17.9. The molecule has 1 saturated heterocycles. The molecule has 33 heavy (non-hydrogen) atoms. The van der Waals surface area contributed by atoms with Gasteiger partial charge < -0.3 is 14.3 Å². The second-order valence-corrected chi connectivity index (χ2v) is 9.50. The zero-order valence-electron chi connectivity index (χ0n) is 18.3. The van der Waals surface area contributed by atoms with Crippen molar-refractivity contribution in [2.24, 2.45) is 5.92 Å². The molecule has 3 aromatic rings. The van der Waals surface area contributed by atoms with Crippen LogP contribution in [0.4, 0.5) is 10.8 Å². The number of carbonyl (C=O) groups is 3. The van der Waals surface area contributed by atoms with Crippen LogP contribution in [0.3, 0.4) is 0 Å². The number of amides is 3. The average molecular weight is 466 g/mol. The Bertz CT molecular complexity index is 1230. The Kier molecular flexibility index (Phi) is 5.45. The van der Waals surface area contributed by atoms with Gasteiger partial charge in [0.2, 0.25) is 11.8 Å². The molecule has 1 fully saturated rings. The molecule has 1 atom stereocenters. The second-order valence-electron chi connectivity index (χ2n) is 8.42. The summed E-state index contributed by atoms with van der Waals surface area (Å²) in [6.45, 7) is 5.08. The number of carbonyl (C=O) groups excluding carboxylic acids is 3. The van der Waals surface area contributed by atoms with E-state index in [0.717, 1.165) is 21.8 Å². The second kappa shape index (κ2) is 8.43. The number of aryl methyl sites for hydroxylation is 2. The monoisotopic (exact) mass is 465 g/mol. The highest BCUT2D eigenvalue weighted by molar-refractivity contribution is 7.15. The summed E-state index contributed by atoms with van der Waals surface area (Å²) in [4.78, 5) is 47.0. The van der Waals surface area contributed by atoms with Crippen molar-refractivity contribution >= 4 is 39.9 Å². The van der Waals surface area contributed by atoms with Crippen molar-refractivity contribution < 1.29 is 18.9 Å². The van der Waals surface area contributed by atoms with Crippen molar-refractivity contribution in [2.45, 2.75) is 33.2 Å². The van der Waals surface area contributed by atoms with E-state index >= 15 is 0 Å². The first-order valence-corrected chi connectivity index (χ1v) is 11.6. The minimum Gasteiger partial charge on any atom is -0.361 e. The molecule has 0 aliphatic carbocycles. The van der Waals surface area contributed by atoms with Crippen molar-refractivity contribution in [1.82, 2.24) is 15.0 Å². The zero-order chi connectivity index (χ0) is 23.1. The van der Waals surface area contributed by atoms with E-state index in [4.69, 9.17) is 4.52 Å². The highest BCUT2D eigenvalue weighted by Gasteiger charge is 2.38. The van der Waals surface area contributed by atoms with E-state index in [9.17, 15) is 14.4 Å². The first kappa shape index (κ1) is 21.3. The van der Waals surface area contributed by atoms with Crippen LogP contribution in [-0.4, -0.2) is 45.9 Å². The minimum absolute atomic E-state index is 0.0133. The number of hydrogen-bond donors (Lipinski definition) is 1. The molecule has 2 aliphatic rings. The SMILES string of the molecule is Cc1ccc(N2CC(C(=O)N3CCc4nc(NC(=O)c5cc(C)on5)sc4C3)CC2=O)cc1. The lowest BCUT2D eigenvalue weighted by Crippen LogP contribution is -2.40. The Hall–Kier alpha value is -3.53. The summed E-state index contributed by atoms with van der Waals surface area (Å²) in [7, 11) is 0. The lowest BCUT2D eigenvalue weighted by Gasteiger charge is -2.28. The Morgan fingerprint density at radius 1 is 1.21 bits per heavy atom. The molecule has 170 valence electrons. The number of fused-ring (bicyclic) bond motifs is 1. The molecule has 1 unspecified atom stereocenters. The molecular formula is C23H23N5O4S. The summed E-state index contributed by atoms with van der Waals surface area (Å²) in [6.07, 6.45) is 0.829. The highest BCUT2D eigenvalue weighted by atomic mass is 32.1. The lowest BCUT2D eigenvalue weighted by molar-refractivity contribution is -0.136. The largest absolute Gasteiger partial charge is 0.361 e. The molecule has 1 aromatic carbocycles. The number of aromatic nitrogens is 2. The van der Waals surface area contributed by atoms with Crippen molar-refractivity contribution in [3.8, 4) is 0 Å². The van der Waals surface area contributed by atoms with Gasteiger partial charge in [0.25, 0.3) is 5.91 Å². The van der Waals surface area contributed by atoms with Gasteiger partial charge in [-0.25, -0.2) is 4.98 Å². The van der Waals surface area contributed by atoms with Crippen molar-refractivity contribution in [1.29, 1.82) is 0 Å². The summed E-state index contributed by atoms with van der Waals surface area (Å²) in [5, 5.41) is 6.94. The molecule has 2 aliphatic heterocycles. The molecule has 1 N–H and O–H groups in total. The Labute approximate surface area is 194 Å². The number of hydrogen-bond acceptors (Lipinski definition) is 7. The maximum atomic E-state index is 13.2. The first-order valence-electron chi connectivity index (χ1n) is 10.8. The summed E-state index contributed by atoms with van der Waals surface area (Å²) < 4.78 is 4.94. The summed E-state index contributed by atoms with van der Waals surface area (Å²) in [6, 6.07) is 9.33. The number of nitrogens with zero attached hydrogens (tertiary/aromatic N) is 4. The Morgan fingerprint density at radius 3 is 2.73 bits per heavy atom. The van der Waals surface area contributed by atoms with E-state index in [1.165, 1.54) is 11.3 Å². The topological polar surface area (TPSA) is 109 Å². The van der Waals surface area contributed by atoms with E-state index < -0.39 is 0 Å². The maximum Gasteiger partial charge on any atom is 0.279 e. The molecule has 0 radical (unpaired) electrons. The van der Waals surface area contributed by atoms with E-state index in [1.807, 2.05) is 31.2 Å². The average Bonchev–Trinajstić information content (AvgIpc) is 3.51. The molecule has 10 heteroatoms. The van der Waals surface area contributed by atoms with Gasteiger partial charge in [-0.1, -0.05) is 34.2 Å². The van der Waals surface area contributed by atoms with Gasteiger partial charge >= 0.3 is 0 Å². The number of rotatable bonds is 4. The summed E-state index contributed by atoms with van der Waals surface area (Å²) in [5.41, 5.74) is 3.03. The standard InChI is InChI=1S/C23H23N5O4S/c1-13-3-5-16(6-4-13)28-11-15(10-20(28)29)22(31)27-8-7-17-19(12-27)33-23(24-17)25-21(30)18-9-14(2)32-26-18/h3-6,9,15H,7-8,10-12H2,1-2H3,(H,24,25,30). The highest BCUT2D eigenvalue weighted by Crippen LogP contribution is 2.31. The van der Waals surface area contributed by atoms with Crippen LogP contribution in [0.1, 0.15) is 38.8 Å². The van der Waals surface area contributed by atoms with Gasteiger partial charge in [0.05, 0.1) is 18.2 Å². The van der Waals surface area contributed by atoms with Gasteiger partial charge in [-0.15, -0.1) is 0 Å². The van der Waals surface area contributed by atoms with Gasteiger partial charge in [0.15, 0.2) is 10.8 Å². The smallest absolute Gasteiger partial charge is 0.279 e. The van der Waals surface area contributed by atoms with Crippen LogP contribution < -0.4 is 10.2 Å². The van der Waals surface area contributed by atoms with Crippen LogP contribution in [0, 0.1) is 19.8 Å². The van der Waals surface area contributed by atoms with Crippen molar-refractivity contribution in [3.05, 3.63) is 57.9 Å². The third kappa shape index (κ3) is 4.25. The van der Waals surface area contributed by atoms with E-state index in [-0.39, 0.29) is 35.8 Å². The molecular weight excluding hydrogens is 442 g/mol. The summed E-state index contributed by atoms with van der Waals surface area (Å²) >= 11 is 1.36. The Morgan fingerprint density at radius 2 is 2.00 bits per heavy atom. The quantitative estimate of drug-likeness (QED) is 0.635. The molecule has 0 spiro atoms. The molecule has 4 heterocycles. The maximum absolute atomic E-state index is 13.2. The minimum atomic E-state index is -0.383. The molecule has 0 bridgehead atoms. The summed E-state index contributed by atoms with van der Waals surface area (Å²) in [5.74, 6) is -0.227. The van der Waals surface area contributed by atoms with Crippen LogP contribution in [-0.2, 0) is 22.6 Å². The molecule has 3 amide bonds. The number of thiazole rings is 1. The van der Waals surface area contributed by atoms with E-state index in [0.29, 0.717) is 36.9 Å². The van der Waals surface area contributed by atoms with E-state index in [2.05, 4.69) is 15.5 Å². The molecule has 0 saturated carbocycles. The van der Waals surface area contributed by atoms with Gasteiger partial charge in [-0.3, -0.25) is 19.7 Å². The van der Waals surface area contributed by atoms with Crippen LogP contribution >= 0.6 is 11.3 Å². The fourth-order valence-electron chi connectivity index (χ4n) is 4.18. The number of nitrogens with one attached hydrogen (secondary N) is 1. The van der Waals surface area contributed by atoms with Crippen molar-refractivity contribution in [3.63, 3.8) is 0 Å². The molecule has 9 nitrogen and oxygen atoms in total. The fraction of sp³-hybridized carbons (Fsp3) is 0.348. The predicted molar refractivity (Wildman–Crippen MR) is 122 cm³/mol. The fourth-order valence-corrected chi connectivity index (χ4v) is 5.20. The van der Waals surface area contributed by atoms with Gasteiger partial charge in [0.1, 0.15) is 5.76 Å². The predicted octanol–water partition coefficient (Wildman–Crippen LogP) is 2.94. The zero-order valence-corrected chi connectivity index (χ0v) is 19.1. The molecule has 2 aromatic heterocycles. The van der Waals surface area contributed by atoms with Crippen molar-refractivity contribution in [2.75, 3.05) is 23.3 Å². The van der Waals surface area contributed by atoms with E-state index in [1.54, 1.807) is 22.8 Å². The third-order valence-corrected chi connectivity index (χ3v) is 6.94. The van der Waals surface area contributed by atoms with Gasteiger partial charge in [-0.2, -0.15) is 0 Å². The van der Waals surface area contributed by atoms with Gasteiger partial charge in [-0.05, 0) is 26.0 Å². The molecule has 5 rings (SSSR count). The van der Waals surface area contributed by atoms with Gasteiger partial charge in [0, 0.05) is 42.6 Å². The third-order valence-electron chi connectivity index (χ3n) is 5.94. The number of benzene rings is 1. The Balaban J connectivity index is 1.23.